The van der Waals surface area contributed by atoms with Gasteiger partial charge in [-0.1, -0.05) is 146 Å². The van der Waals surface area contributed by atoms with E-state index in [0.717, 1.165) is 61.3 Å². The minimum Gasteiger partial charge on any atom is -0.309 e. The topological polar surface area (TPSA) is 60.9 Å². The van der Waals surface area contributed by atoms with E-state index in [-0.39, 0.29) is 0 Å². The highest BCUT2D eigenvalue weighted by Gasteiger charge is 2.24. The second-order valence-electron chi connectivity index (χ2n) is 14.3. The zero-order valence-corrected chi connectivity index (χ0v) is 30.0. The number of hydrogen-bond donors (Lipinski definition) is 0. The fraction of sp³-hybridized carbons (Fsp3) is 0. The molecule has 4 heterocycles. The van der Waals surface area contributed by atoms with Crippen molar-refractivity contribution in [3.05, 3.63) is 182 Å². The third kappa shape index (κ3) is 4.50. The van der Waals surface area contributed by atoms with Gasteiger partial charge in [-0.15, -0.1) is 0 Å². The Balaban J connectivity index is 1.14. The van der Waals surface area contributed by atoms with Crippen LogP contribution < -0.4 is 0 Å². The lowest BCUT2D eigenvalue weighted by atomic mass is 10.0. The molecular formula is C50H30N6. The molecule has 0 saturated heterocycles. The van der Waals surface area contributed by atoms with Gasteiger partial charge in [0.25, 0.3) is 0 Å². The van der Waals surface area contributed by atoms with E-state index in [1.165, 1.54) is 32.3 Å². The Morgan fingerprint density at radius 3 is 1.73 bits per heavy atom. The first-order chi connectivity index (χ1) is 27.8. The molecule has 0 fully saturated rings. The maximum atomic E-state index is 5.42. The molecule has 0 saturated carbocycles. The van der Waals surface area contributed by atoms with E-state index in [2.05, 4.69) is 130 Å². The number of hydrogen-bond acceptors (Lipinski definition) is 4. The number of aromatic nitrogens is 6. The van der Waals surface area contributed by atoms with Gasteiger partial charge in [0.1, 0.15) is 5.82 Å². The normalized spacial score (nSPS) is 11.9. The van der Waals surface area contributed by atoms with Gasteiger partial charge in [0, 0.05) is 44.1 Å². The lowest BCUT2D eigenvalue weighted by molar-refractivity contribution is 1.07. The van der Waals surface area contributed by atoms with Crippen LogP contribution in [0, 0.1) is 0 Å². The first kappa shape index (κ1) is 30.7. The first-order valence-corrected chi connectivity index (χ1v) is 18.8. The molecule has 0 aliphatic rings. The van der Waals surface area contributed by atoms with Gasteiger partial charge in [-0.2, -0.15) is 0 Å². The van der Waals surface area contributed by atoms with Gasteiger partial charge in [-0.05, 0) is 52.6 Å². The summed E-state index contributed by atoms with van der Waals surface area (Å²) in [6.07, 6.45) is 0. The van der Waals surface area contributed by atoms with E-state index in [9.17, 15) is 0 Å². The van der Waals surface area contributed by atoms with E-state index in [0.29, 0.717) is 17.5 Å². The molecule has 8 aromatic carbocycles. The van der Waals surface area contributed by atoms with E-state index in [4.69, 9.17) is 19.9 Å². The van der Waals surface area contributed by atoms with Gasteiger partial charge in [0.15, 0.2) is 17.5 Å². The van der Waals surface area contributed by atoms with Gasteiger partial charge in [0.2, 0.25) is 0 Å². The average Bonchev–Trinajstić information content (AvgIpc) is 3.79. The SMILES string of the molecule is c1ccc(-c2nc(-c3ccccc3)nc(-c3cccc(-n4c5cccc6c7ccccc7n7c(-c8cccc9ccccc89)nc8ccc4c(c65)c87)c3)n2)cc1. The number of benzene rings is 8. The van der Waals surface area contributed by atoms with Crippen molar-refractivity contribution in [3.8, 4) is 51.2 Å². The molecule has 6 nitrogen and oxygen atoms in total. The Labute approximate surface area is 321 Å². The van der Waals surface area contributed by atoms with Crippen molar-refractivity contribution in [3.63, 3.8) is 0 Å². The highest BCUT2D eigenvalue weighted by atomic mass is 15.1. The monoisotopic (exact) mass is 714 g/mol. The number of para-hydroxylation sites is 1. The summed E-state index contributed by atoms with van der Waals surface area (Å²) in [6.45, 7) is 0. The molecule has 0 aliphatic carbocycles. The second-order valence-corrected chi connectivity index (χ2v) is 14.3. The van der Waals surface area contributed by atoms with Crippen molar-refractivity contribution >= 4 is 59.9 Å². The molecule has 12 rings (SSSR count). The Hall–Kier alpha value is -7.70. The van der Waals surface area contributed by atoms with E-state index in [1.54, 1.807) is 0 Å². The molecule has 0 spiro atoms. The van der Waals surface area contributed by atoms with Crippen LogP contribution in [-0.2, 0) is 0 Å². The summed E-state index contributed by atoms with van der Waals surface area (Å²) in [4.78, 5) is 20.5. The van der Waals surface area contributed by atoms with Crippen LogP contribution in [0.15, 0.2) is 182 Å². The molecule has 0 N–H and O–H groups in total. The molecule has 0 bridgehead atoms. The van der Waals surface area contributed by atoms with Gasteiger partial charge >= 0.3 is 0 Å². The summed E-state index contributed by atoms with van der Waals surface area (Å²) in [5.74, 6) is 2.83. The standard InChI is InChI=1S/C50H30N6/c1-3-15-32(16-4-1)47-52-48(33-17-5-2-6-18-33)54-49(53-47)34-20-11-21-35(30-34)55-42-27-13-24-38-37-23-9-10-26-41(37)56-46-40(28-29-43(55)45(46)44(38)42)51-50(56)39-25-12-19-31-14-7-8-22-36(31)39/h1-30H. The van der Waals surface area contributed by atoms with Crippen molar-refractivity contribution in [2.24, 2.45) is 0 Å². The van der Waals surface area contributed by atoms with Crippen molar-refractivity contribution in [2.75, 3.05) is 0 Å². The van der Waals surface area contributed by atoms with Crippen molar-refractivity contribution in [1.82, 2.24) is 28.9 Å². The van der Waals surface area contributed by atoms with E-state index in [1.807, 2.05) is 60.7 Å². The Bertz CT molecular complexity index is 3410. The third-order valence-electron chi connectivity index (χ3n) is 11.1. The summed E-state index contributed by atoms with van der Waals surface area (Å²) >= 11 is 0. The largest absolute Gasteiger partial charge is 0.309 e. The highest BCUT2D eigenvalue weighted by Crippen LogP contribution is 2.44. The summed E-state index contributed by atoms with van der Waals surface area (Å²) in [5, 5.41) is 7.16. The van der Waals surface area contributed by atoms with Crippen LogP contribution in [0.2, 0.25) is 0 Å². The van der Waals surface area contributed by atoms with Gasteiger partial charge in [0.05, 0.1) is 27.6 Å². The molecular weight excluding hydrogens is 685 g/mol. The van der Waals surface area contributed by atoms with Crippen LogP contribution in [-0.4, -0.2) is 28.9 Å². The lowest BCUT2D eigenvalue weighted by Crippen LogP contribution is -2.01. The Kier molecular flexibility index (Phi) is 6.53. The van der Waals surface area contributed by atoms with Crippen molar-refractivity contribution in [2.45, 2.75) is 0 Å². The molecule has 0 unspecified atom stereocenters. The lowest BCUT2D eigenvalue weighted by Gasteiger charge is -2.12. The molecule has 260 valence electrons. The molecule has 0 aliphatic heterocycles. The van der Waals surface area contributed by atoms with Crippen LogP contribution in [0.5, 0.6) is 0 Å². The van der Waals surface area contributed by atoms with Crippen LogP contribution in [0.25, 0.3) is 111 Å². The minimum absolute atomic E-state index is 0.622. The van der Waals surface area contributed by atoms with Gasteiger partial charge < -0.3 is 4.57 Å². The molecule has 0 radical (unpaired) electrons. The second kappa shape index (κ2) is 11.9. The number of rotatable bonds is 5. The smallest absolute Gasteiger partial charge is 0.164 e. The Morgan fingerprint density at radius 1 is 0.375 bits per heavy atom. The number of imidazole rings is 1. The number of fused-ring (bicyclic) bond motifs is 4. The van der Waals surface area contributed by atoms with Crippen LogP contribution >= 0.6 is 0 Å². The molecule has 6 heteroatoms. The minimum atomic E-state index is 0.622. The fourth-order valence-electron chi connectivity index (χ4n) is 8.66. The number of nitrogens with zero attached hydrogens (tertiary/aromatic N) is 6. The van der Waals surface area contributed by atoms with Gasteiger partial charge in [-0.3, -0.25) is 4.40 Å². The Morgan fingerprint density at radius 2 is 0.946 bits per heavy atom. The van der Waals surface area contributed by atoms with Crippen LogP contribution in [0.3, 0.4) is 0 Å². The zero-order valence-electron chi connectivity index (χ0n) is 30.0. The molecule has 0 atom stereocenters. The summed E-state index contributed by atoms with van der Waals surface area (Å²) in [6, 6.07) is 63.7. The molecule has 12 aromatic rings. The average molecular weight is 715 g/mol. The zero-order chi connectivity index (χ0) is 36.7. The van der Waals surface area contributed by atoms with E-state index < -0.39 is 0 Å². The maximum Gasteiger partial charge on any atom is 0.164 e. The maximum absolute atomic E-state index is 5.42. The first-order valence-electron chi connectivity index (χ1n) is 18.8. The fourth-order valence-corrected chi connectivity index (χ4v) is 8.66. The van der Waals surface area contributed by atoms with Gasteiger partial charge in [-0.25, -0.2) is 19.9 Å². The van der Waals surface area contributed by atoms with Crippen LogP contribution in [0.4, 0.5) is 0 Å². The molecule has 56 heavy (non-hydrogen) atoms. The quantitative estimate of drug-likeness (QED) is 0.178. The summed E-state index contributed by atoms with van der Waals surface area (Å²) < 4.78 is 4.79. The van der Waals surface area contributed by atoms with Crippen molar-refractivity contribution in [1.29, 1.82) is 0 Å². The highest BCUT2D eigenvalue weighted by molar-refractivity contribution is 6.30. The van der Waals surface area contributed by atoms with Crippen molar-refractivity contribution < 1.29 is 0 Å². The van der Waals surface area contributed by atoms with E-state index >= 15 is 0 Å². The van der Waals surface area contributed by atoms with Crippen LogP contribution in [0.1, 0.15) is 0 Å². The molecule has 4 aromatic heterocycles. The molecule has 0 amide bonds. The predicted molar refractivity (Wildman–Crippen MR) is 228 cm³/mol. The summed E-state index contributed by atoms with van der Waals surface area (Å²) in [7, 11) is 0. The third-order valence-corrected chi connectivity index (χ3v) is 11.1. The summed E-state index contributed by atoms with van der Waals surface area (Å²) in [5.41, 5.74) is 10.4. The predicted octanol–water partition coefficient (Wildman–Crippen LogP) is 12.2.